The monoisotopic (exact) mass is 359 g/mol. The molecule has 0 unspecified atom stereocenters. The Hall–Kier alpha value is -2.25. The summed E-state index contributed by atoms with van der Waals surface area (Å²) in [5.74, 6) is -0.0292. The zero-order valence-corrected chi connectivity index (χ0v) is 15.1. The van der Waals surface area contributed by atoms with E-state index >= 15 is 0 Å². The van der Waals surface area contributed by atoms with Gasteiger partial charge < -0.3 is 4.90 Å². The van der Waals surface area contributed by atoms with Crippen molar-refractivity contribution in [1.29, 1.82) is 0 Å². The molecule has 3 rings (SSSR count). The Kier molecular flexibility index (Phi) is 4.87. The fourth-order valence-corrected chi connectivity index (χ4v) is 4.33. The number of rotatable bonds is 4. The predicted molar refractivity (Wildman–Crippen MR) is 95.8 cm³/mol. The number of anilines is 1. The molecule has 0 radical (unpaired) electrons. The number of nitrogens with one attached hydrogen (secondary N) is 1. The van der Waals surface area contributed by atoms with E-state index in [1.54, 1.807) is 48.4 Å². The molecule has 6 nitrogen and oxygen atoms in total. The molecule has 1 aromatic heterocycles. The summed E-state index contributed by atoms with van der Waals surface area (Å²) in [5, 5.41) is 0. The van der Waals surface area contributed by atoms with Crippen LogP contribution in [0.3, 0.4) is 0 Å². The van der Waals surface area contributed by atoms with Crippen LogP contribution in [0.25, 0.3) is 0 Å². The molecule has 0 aliphatic carbocycles. The first-order valence-corrected chi connectivity index (χ1v) is 9.71. The van der Waals surface area contributed by atoms with Gasteiger partial charge in [-0.1, -0.05) is 6.07 Å². The molecule has 0 saturated heterocycles. The zero-order valence-electron chi connectivity index (χ0n) is 14.3. The molecular weight excluding hydrogens is 338 g/mol. The third kappa shape index (κ3) is 3.72. The summed E-state index contributed by atoms with van der Waals surface area (Å²) in [6.07, 6.45) is 3.22. The maximum atomic E-state index is 12.7. The average molecular weight is 359 g/mol. The number of hydrogen-bond donors (Lipinski definition) is 1. The van der Waals surface area contributed by atoms with Crippen molar-refractivity contribution in [1.82, 2.24) is 9.71 Å². The number of amides is 1. The summed E-state index contributed by atoms with van der Waals surface area (Å²) < 4.78 is 28.1. The maximum Gasteiger partial charge on any atom is 0.241 e. The number of benzene rings is 1. The molecule has 25 heavy (non-hydrogen) atoms. The van der Waals surface area contributed by atoms with Crippen LogP contribution in [0.2, 0.25) is 0 Å². The number of fused-ring (bicyclic) bond motifs is 1. The Morgan fingerprint density at radius 3 is 2.76 bits per heavy atom. The van der Waals surface area contributed by atoms with Crippen LogP contribution < -0.4 is 9.62 Å². The first kappa shape index (κ1) is 17.6. The Bertz CT molecular complexity index is 882. The quantitative estimate of drug-likeness (QED) is 0.909. The van der Waals surface area contributed by atoms with Crippen LogP contribution in [0.15, 0.2) is 47.5 Å². The van der Waals surface area contributed by atoms with Gasteiger partial charge in [-0.3, -0.25) is 9.78 Å². The zero-order chi connectivity index (χ0) is 18.0. The maximum absolute atomic E-state index is 12.7. The molecule has 2 aromatic rings. The highest BCUT2D eigenvalue weighted by Crippen LogP contribution is 2.29. The normalized spacial score (nSPS) is 15.5. The lowest BCUT2D eigenvalue weighted by atomic mass is 10.0. The van der Waals surface area contributed by atoms with Crippen molar-refractivity contribution in [2.75, 3.05) is 11.4 Å². The standard InChI is InChI=1S/C18H21N3O3S/c1-13(17-7-3-4-10-19-17)20-25(23,24)16-8-9-18-15(12-16)6-5-11-21(18)14(2)22/h3-4,7-10,12-13,20H,5-6,11H2,1-2H3/t13-/m0/s1. The van der Waals surface area contributed by atoms with E-state index in [4.69, 9.17) is 0 Å². The highest BCUT2D eigenvalue weighted by molar-refractivity contribution is 7.89. The van der Waals surface area contributed by atoms with Gasteiger partial charge in [-0.25, -0.2) is 13.1 Å². The molecule has 1 N–H and O–H groups in total. The van der Waals surface area contributed by atoms with Gasteiger partial charge in [-0.05, 0) is 55.7 Å². The van der Waals surface area contributed by atoms with Crippen LogP contribution in [0.5, 0.6) is 0 Å². The first-order chi connectivity index (χ1) is 11.9. The molecular formula is C18H21N3O3S. The Labute approximate surface area is 147 Å². The van der Waals surface area contributed by atoms with Crippen LogP contribution in [0.1, 0.15) is 37.6 Å². The molecule has 1 aliphatic heterocycles. The van der Waals surface area contributed by atoms with E-state index in [0.29, 0.717) is 12.2 Å². The smallest absolute Gasteiger partial charge is 0.241 e. The van der Waals surface area contributed by atoms with Gasteiger partial charge in [-0.2, -0.15) is 0 Å². The second kappa shape index (κ2) is 6.93. The molecule has 1 aromatic carbocycles. The van der Waals surface area contributed by atoms with Crippen molar-refractivity contribution in [2.45, 2.75) is 37.6 Å². The van der Waals surface area contributed by atoms with Crippen LogP contribution in [0, 0.1) is 0 Å². The van der Waals surface area contributed by atoms with Crippen molar-refractivity contribution < 1.29 is 13.2 Å². The Morgan fingerprint density at radius 2 is 2.08 bits per heavy atom. The van der Waals surface area contributed by atoms with E-state index in [9.17, 15) is 13.2 Å². The van der Waals surface area contributed by atoms with Crippen molar-refractivity contribution in [3.63, 3.8) is 0 Å². The molecule has 2 heterocycles. The minimum absolute atomic E-state index is 0.0292. The topological polar surface area (TPSA) is 79.4 Å². The van der Waals surface area contributed by atoms with Crippen molar-refractivity contribution in [2.24, 2.45) is 0 Å². The van der Waals surface area contributed by atoms with Crippen LogP contribution in [-0.4, -0.2) is 25.9 Å². The summed E-state index contributed by atoms with van der Waals surface area (Å²) in [6.45, 7) is 3.95. The van der Waals surface area contributed by atoms with E-state index in [2.05, 4.69) is 9.71 Å². The number of hydrogen-bond acceptors (Lipinski definition) is 4. The van der Waals surface area contributed by atoms with E-state index in [1.165, 1.54) is 6.92 Å². The van der Waals surface area contributed by atoms with Gasteiger partial charge in [0, 0.05) is 25.4 Å². The average Bonchev–Trinajstić information content (AvgIpc) is 2.61. The molecule has 132 valence electrons. The minimum atomic E-state index is -3.67. The summed E-state index contributed by atoms with van der Waals surface area (Å²) in [6, 6.07) is 9.89. The van der Waals surface area contributed by atoms with Gasteiger partial charge in [-0.15, -0.1) is 0 Å². The molecule has 7 heteroatoms. The lowest BCUT2D eigenvalue weighted by molar-refractivity contribution is -0.116. The number of carbonyl (C=O) groups is 1. The number of carbonyl (C=O) groups excluding carboxylic acids is 1. The second-order valence-electron chi connectivity index (χ2n) is 6.16. The van der Waals surface area contributed by atoms with Crippen LogP contribution >= 0.6 is 0 Å². The lowest BCUT2D eigenvalue weighted by Gasteiger charge is -2.29. The largest absolute Gasteiger partial charge is 0.312 e. The van der Waals surface area contributed by atoms with Gasteiger partial charge in [0.1, 0.15) is 0 Å². The Morgan fingerprint density at radius 1 is 1.28 bits per heavy atom. The fraction of sp³-hybridized carbons (Fsp3) is 0.333. The summed E-state index contributed by atoms with van der Waals surface area (Å²) in [4.78, 5) is 17.8. The molecule has 0 bridgehead atoms. The lowest BCUT2D eigenvalue weighted by Crippen LogP contribution is -2.34. The van der Waals surface area contributed by atoms with Crippen LogP contribution in [0.4, 0.5) is 5.69 Å². The minimum Gasteiger partial charge on any atom is -0.312 e. The van der Waals surface area contributed by atoms with Gasteiger partial charge >= 0.3 is 0 Å². The van der Waals surface area contributed by atoms with E-state index in [0.717, 1.165) is 24.1 Å². The van der Waals surface area contributed by atoms with Crippen LogP contribution in [-0.2, 0) is 21.2 Å². The number of aryl methyl sites for hydroxylation is 1. The number of sulfonamides is 1. The molecule has 1 atom stereocenters. The van der Waals surface area contributed by atoms with E-state index < -0.39 is 16.1 Å². The molecule has 0 fully saturated rings. The molecule has 1 amide bonds. The van der Waals surface area contributed by atoms with E-state index in [-0.39, 0.29) is 10.8 Å². The number of pyridine rings is 1. The third-order valence-electron chi connectivity index (χ3n) is 4.32. The van der Waals surface area contributed by atoms with E-state index in [1.807, 2.05) is 6.07 Å². The molecule has 1 aliphatic rings. The highest BCUT2D eigenvalue weighted by Gasteiger charge is 2.24. The van der Waals surface area contributed by atoms with Gasteiger partial charge in [0.05, 0.1) is 16.6 Å². The predicted octanol–water partition coefficient (Wildman–Crippen LogP) is 2.42. The molecule has 0 spiro atoms. The summed E-state index contributed by atoms with van der Waals surface area (Å²) in [7, 11) is -3.67. The van der Waals surface area contributed by atoms with Gasteiger partial charge in [0.2, 0.25) is 15.9 Å². The van der Waals surface area contributed by atoms with Crippen molar-refractivity contribution in [3.05, 3.63) is 53.9 Å². The summed E-state index contributed by atoms with van der Waals surface area (Å²) in [5.41, 5.74) is 2.34. The highest BCUT2D eigenvalue weighted by atomic mass is 32.2. The number of nitrogens with zero attached hydrogens (tertiary/aromatic N) is 2. The SMILES string of the molecule is CC(=O)N1CCCc2cc(S(=O)(=O)N[C@@H](C)c3ccccn3)ccc21. The Balaban J connectivity index is 1.87. The van der Waals surface area contributed by atoms with Gasteiger partial charge in [0.15, 0.2) is 0 Å². The molecule has 0 saturated carbocycles. The van der Waals surface area contributed by atoms with Crippen molar-refractivity contribution >= 4 is 21.6 Å². The fourth-order valence-electron chi connectivity index (χ4n) is 3.06. The summed E-state index contributed by atoms with van der Waals surface area (Å²) >= 11 is 0. The number of aromatic nitrogens is 1. The third-order valence-corrected chi connectivity index (χ3v) is 5.86. The first-order valence-electron chi connectivity index (χ1n) is 8.23. The van der Waals surface area contributed by atoms with Crippen molar-refractivity contribution in [3.8, 4) is 0 Å². The second-order valence-corrected chi connectivity index (χ2v) is 7.88. The van der Waals surface area contributed by atoms with Gasteiger partial charge in [0.25, 0.3) is 0 Å².